The molecule has 14 nitrogen and oxygen atoms in total. The molecule has 4 rings (SSSR count). The smallest absolute Gasteiger partial charge is 0.408 e. The first-order valence-corrected chi connectivity index (χ1v) is 17.4. The Balaban J connectivity index is 0.863. The first-order valence-electron chi connectivity index (χ1n) is 17.4. The number of para-hydroxylation sites is 4. The predicted molar refractivity (Wildman–Crippen MR) is 186 cm³/mol. The maximum absolute atomic E-state index is 12.0. The van der Waals surface area contributed by atoms with Gasteiger partial charge in [-0.05, 0) is 49.9 Å². The molecule has 0 spiro atoms. The van der Waals surface area contributed by atoms with Crippen molar-refractivity contribution in [3.63, 3.8) is 0 Å². The van der Waals surface area contributed by atoms with Gasteiger partial charge in [0, 0.05) is 25.9 Å². The van der Waals surface area contributed by atoms with Crippen LogP contribution in [0, 0.1) is 0 Å². The molecule has 2 aromatic carbocycles. The van der Waals surface area contributed by atoms with E-state index in [1.54, 1.807) is 21.8 Å². The molecule has 0 saturated carbocycles. The van der Waals surface area contributed by atoms with E-state index in [1.807, 2.05) is 48.5 Å². The molecule has 14 heteroatoms. The molecule has 0 aliphatic rings. The number of imidazole rings is 2. The highest BCUT2D eigenvalue weighted by atomic mass is 16.6. The molecule has 50 heavy (non-hydrogen) atoms. The van der Waals surface area contributed by atoms with Crippen LogP contribution in [0.3, 0.4) is 0 Å². The second-order valence-electron chi connectivity index (χ2n) is 11.9. The van der Waals surface area contributed by atoms with Gasteiger partial charge in [0.05, 0.1) is 34.7 Å². The largest absolute Gasteiger partial charge is 0.462 e. The predicted octanol–water partition coefficient (Wildman–Crippen LogP) is 6.22. The number of carbonyl (C=O) groups is 4. The Morgan fingerprint density at radius 1 is 0.520 bits per heavy atom. The van der Waals surface area contributed by atoms with E-state index in [4.69, 9.17) is 18.9 Å². The van der Waals surface area contributed by atoms with Gasteiger partial charge in [0.25, 0.3) is 0 Å². The number of carbonyl (C=O) groups excluding carboxylic acids is 4. The summed E-state index contributed by atoms with van der Waals surface area (Å²) in [5.41, 5.74) is 3.55. The number of fused-ring (bicyclic) bond motifs is 2. The minimum Gasteiger partial charge on any atom is -0.462 e. The molecule has 0 aliphatic heterocycles. The monoisotopic (exact) mass is 692 g/mol. The lowest BCUT2D eigenvalue weighted by Crippen LogP contribution is -2.26. The Hall–Kier alpha value is -5.14. The van der Waals surface area contributed by atoms with Crippen LogP contribution in [0.1, 0.15) is 77.0 Å². The summed E-state index contributed by atoms with van der Waals surface area (Å²) >= 11 is 0. The highest BCUT2D eigenvalue weighted by Gasteiger charge is 2.08. The van der Waals surface area contributed by atoms with Gasteiger partial charge in [-0.3, -0.25) is 18.7 Å². The first-order chi connectivity index (χ1) is 24.5. The zero-order valence-corrected chi connectivity index (χ0v) is 28.6. The van der Waals surface area contributed by atoms with Crippen LogP contribution >= 0.6 is 0 Å². The second-order valence-corrected chi connectivity index (χ2v) is 11.9. The van der Waals surface area contributed by atoms with Crippen molar-refractivity contribution in [1.82, 2.24) is 29.7 Å². The molecule has 0 atom stereocenters. The molecule has 2 N–H and O–H groups in total. The van der Waals surface area contributed by atoms with Gasteiger partial charge in [0.2, 0.25) is 0 Å². The van der Waals surface area contributed by atoms with Crippen molar-refractivity contribution in [3.8, 4) is 0 Å². The molecule has 270 valence electrons. The van der Waals surface area contributed by atoms with Gasteiger partial charge in [-0.25, -0.2) is 19.6 Å². The van der Waals surface area contributed by atoms with Crippen molar-refractivity contribution in [2.75, 3.05) is 26.3 Å². The van der Waals surface area contributed by atoms with E-state index in [2.05, 4.69) is 20.6 Å². The molecular weight excluding hydrogens is 644 g/mol. The fourth-order valence-electron chi connectivity index (χ4n) is 5.26. The molecule has 0 saturated heterocycles. The van der Waals surface area contributed by atoms with Crippen LogP contribution in [0.2, 0.25) is 0 Å². The minimum atomic E-state index is -0.538. The normalized spacial score (nSPS) is 11.0. The van der Waals surface area contributed by atoms with Crippen LogP contribution in [0.15, 0.2) is 61.2 Å². The fraction of sp³-hybridized carbons (Fsp3) is 0.500. The average Bonchev–Trinajstić information content (AvgIpc) is 3.74. The molecular formula is C36H48N6O8. The molecule has 0 radical (unpaired) electrons. The molecule has 0 fully saturated rings. The van der Waals surface area contributed by atoms with Crippen molar-refractivity contribution >= 4 is 46.2 Å². The molecule has 2 heterocycles. The summed E-state index contributed by atoms with van der Waals surface area (Å²) in [5, 5.41) is 5.44. The fourth-order valence-corrected chi connectivity index (χ4v) is 5.26. The lowest BCUT2D eigenvalue weighted by molar-refractivity contribution is -0.147. The van der Waals surface area contributed by atoms with Crippen LogP contribution < -0.4 is 10.6 Å². The van der Waals surface area contributed by atoms with Crippen LogP contribution in [0.25, 0.3) is 22.1 Å². The van der Waals surface area contributed by atoms with Crippen LogP contribution in [0.5, 0.6) is 0 Å². The number of nitrogens with one attached hydrogen (secondary N) is 2. The number of alkyl carbamates (subject to hydrolysis) is 2. The number of rotatable bonds is 23. The number of hydrogen-bond acceptors (Lipinski definition) is 10. The summed E-state index contributed by atoms with van der Waals surface area (Å²) in [6, 6.07) is 15.3. The van der Waals surface area contributed by atoms with Crippen molar-refractivity contribution in [1.29, 1.82) is 0 Å². The zero-order chi connectivity index (χ0) is 35.2. The second kappa shape index (κ2) is 21.8. The molecule has 0 aliphatic carbocycles. The first kappa shape index (κ1) is 37.7. The topological polar surface area (TPSA) is 165 Å². The van der Waals surface area contributed by atoms with Crippen LogP contribution in [-0.2, 0) is 42.0 Å². The summed E-state index contributed by atoms with van der Waals surface area (Å²) in [4.78, 5) is 56.3. The van der Waals surface area contributed by atoms with E-state index in [1.165, 1.54) is 0 Å². The zero-order valence-electron chi connectivity index (χ0n) is 28.6. The third kappa shape index (κ3) is 13.8. The lowest BCUT2D eigenvalue weighted by atomic mass is 10.1. The quantitative estimate of drug-likeness (QED) is 0.0518. The van der Waals surface area contributed by atoms with E-state index < -0.39 is 12.2 Å². The minimum absolute atomic E-state index is 0.000902. The third-order valence-corrected chi connectivity index (χ3v) is 7.99. The summed E-state index contributed by atoms with van der Waals surface area (Å²) < 4.78 is 24.4. The van der Waals surface area contributed by atoms with Gasteiger partial charge >= 0.3 is 24.1 Å². The Morgan fingerprint density at radius 2 is 0.960 bits per heavy atom. The molecule has 2 amide bonds. The van der Waals surface area contributed by atoms with E-state index in [0.29, 0.717) is 32.4 Å². The van der Waals surface area contributed by atoms with Crippen molar-refractivity contribution in [3.05, 3.63) is 61.2 Å². The van der Waals surface area contributed by atoms with Gasteiger partial charge in [-0.1, -0.05) is 62.8 Å². The van der Waals surface area contributed by atoms with Gasteiger partial charge < -0.3 is 29.6 Å². The van der Waals surface area contributed by atoms with Gasteiger partial charge in [-0.2, -0.15) is 0 Å². The number of benzene rings is 2. The number of nitrogens with zero attached hydrogens (tertiary/aromatic N) is 4. The summed E-state index contributed by atoms with van der Waals surface area (Å²) in [7, 11) is 0. The van der Waals surface area contributed by atoms with E-state index in [9.17, 15) is 19.2 Å². The molecule has 4 aromatic rings. The summed E-state index contributed by atoms with van der Waals surface area (Å²) in [5.74, 6) is -0.544. The van der Waals surface area contributed by atoms with Gasteiger partial charge in [-0.15, -0.1) is 0 Å². The van der Waals surface area contributed by atoms with Crippen molar-refractivity contribution in [2.24, 2.45) is 0 Å². The Kier molecular flexibility index (Phi) is 16.4. The van der Waals surface area contributed by atoms with Crippen molar-refractivity contribution in [2.45, 2.75) is 90.5 Å². The molecule has 0 unspecified atom stereocenters. The van der Waals surface area contributed by atoms with E-state index >= 15 is 0 Å². The van der Waals surface area contributed by atoms with E-state index in [0.717, 1.165) is 79.9 Å². The van der Waals surface area contributed by atoms with Gasteiger partial charge in [0.15, 0.2) is 13.5 Å². The van der Waals surface area contributed by atoms with Crippen LogP contribution in [-0.4, -0.2) is 69.5 Å². The number of aromatic nitrogens is 4. The number of unbranched alkanes of at least 4 members (excludes halogenated alkanes) is 8. The summed E-state index contributed by atoms with van der Waals surface area (Å²) in [6.45, 7) is 1.28. The Morgan fingerprint density at radius 3 is 1.54 bits per heavy atom. The third-order valence-electron chi connectivity index (χ3n) is 7.99. The summed E-state index contributed by atoms with van der Waals surface area (Å²) in [6.07, 6.45) is 11.6. The SMILES string of the molecule is O=C(CCCCCCCNC(=O)OCn1cnc2ccccc21)OCCOC(=O)NCCCCCCCC(=O)OCn1cnc2ccccc21. The highest BCUT2D eigenvalue weighted by Crippen LogP contribution is 2.13. The lowest BCUT2D eigenvalue weighted by Gasteiger charge is -2.09. The number of hydrogen-bond donors (Lipinski definition) is 2. The Bertz CT molecular complexity index is 1520. The van der Waals surface area contributed by atoms with Crippen LogP contribution in [0.4, 0.5) is 9.59 Å². The molecule has 2 aromatic heterocycles. The van der Waals surface area contributed by atoms with Crippen molar-refractivity contribution < 1.29 is 38.1 Å². The number of amides is 2. The van der Waals surface area contributed by atoms with Gasteiger partial charge in [0.1, 0.15) is 13.2 Å². The highest BCUT2D eigenvalue weighted by molar-refractivity contribution is 5.76. The Labute approximate surface area is 291 Å². The number of esters is 2. The maximum Gasteiger partial charge on any atom is 0.408 e. The maximum atomic E-state index is 12.0. The average molecular weight is 693 g/mol. The molecule has 0 bridgehead atoms. The van der Waals surface area contributed by atoms with E-state index in [-0.39, 0.29) is 38.6 Å². The number of ether oxygens (including phenoxy) is 4. The standard InChI is InChI=1S/C36H48N6O8/c43-33(19-7-3-1-6-14-22-38-36(46)50-28-42-26-40-30-16-10-12-18-32(30)42)47-23-24-48-35(45)37-21-13-5-2-4-8-20-34(44)49-27-41-25-39-29-15-9-11-17-31(29)41/h9-12,15-18,25-26H,1-8,13-14,19-24,27-28H2,(H,37,45)(H,38,46).